The van der Waals surface area contributed by atoms with Gasteiger partial charge in [-0.25, -0.2) is 17.5 Å². The first-order valence-electron chi connectivity index (χ1n) is 7.70. The van der Waals surface area contributed by atoms with Crippen LogP contribution in [0.5, 0.6) is 0 Å². The van der Waals surface area contributed by atoms with Gasteiger partial charge in [-0.3, -0.25) is 4.79 Å². The van der Waals surface area contributed by atoms with Gasteiger partial charge in [-0.05, 0) is 50.2 Å². The van der Waals surface area contributed by atoms with Crippen LogP contribution < -0.4 is 10.0 Å². The Kier molecular flexibility index (Phi) is 5.91. The molecule has 0 aliphatic rings. The molecule has 0 unspecified atom stereocenters. The Hall–Kier alpha value is -2.46. The molecule has 1 amide bonds. The summed E-state index contributed by atoms with van der Waals surface area (Å²) in [4.78, 5) is 12.1. The van der Waals surface area contributed by atoms with Crippen LogP contribution in [0.1, 0.15) is 29.8 Å². The summed E-state index contributed by atoms with van der Waals surface area (Å²) in [5, 5.41) is 2.20. The quantitative estimate of drug-likeness (QED) is 0.745. The number of halogens is 4. The van der Waals surface area contributed by atoms with Crippen LogP contribution in [0, 0.1) is 5.82 Å². The number of nitrogens with one attached hydrogen (secondary N) is 2. The summed E-state index contributed by atoms with van der Waals surface area (Å²) in [6.07, 6.45) is -4.92. The third-order valence-electron chi connectivity index (χ3n) is 3.33. The highest BCUT2D eigenvalue weighted by Crippen LogP contribution is 2.33. The first-order valence-corrected chi connectivity index (χ1v) is 9.19. The van der Waals surface area contributed by atoms with Gasteiger partial charge in [0.05, 0.1) is 10.5 Å². The summed E-state index contributed by atoms with van der Waals surface area (Å²) in [6, 6.07) is 6.67. The fourth-order valence-electron chi connectivity index (χ4n) is 2.21. The number of anilines is 1. The number of benzene rings is 2. The van der Waals surface area contributed by atoms with Gasteiger partial charge in [-0.2, -0.15) is 13.2 Å². The van der Waals surface area contributed by atoms with Gasteiger partial charge in [0.2, 0.25) is 10.0 Å². The Bertz CT molecular complexity index is 957. The number of hydrogen-bond donors (Lipinski definition) is 2. The molecule has 2 aromatic rings. The zero-order valence-electron chi connectivity index (χ0n) is 14.3. The van der Waals surface area contributed by atoms with Crippen molar-refractivity contribution < 1.29 is 30.8 Å². The molecule has 0 heterocycles. The number of amides is 1. The summed E-state index contributed by atoms with van der Waals surface area (Å²) in [6.45, 7) is 3.25. The highest BCUT2D eigenvalue weighted by Gasteiger charge is 2.34. The zero-order chi connectivity index (χ0) is 20.4. The first-order chi connectivity index (χ1) is 12.4. The third-order valence-corrected chi connectivity index (χ3v) is 4.98. The number of carbonyl (C=O) groups excluding carboxylic acids is 1. The standard InChI is InChI=1S/C17H16F4N2O3S/c1-10(2)23-27(25,26)13-5-3-4-11(8-13)16(24)22-12-6-7-15(18)14(9-12)17(19,20)21/h3-10,23H,1-2H3,(H,22,24). The van der Waals surface area contributed by atoms with E-state index in [2.05, 4.69) is 10.0 Å². The van der Waals surface area contributed by atoms with E-state index in [1.54, 1.807) is 13.8 Å². The molecule has 2 aromatic carbocycles. The van der Waals surface area contributed by atoms with Crippen molar-refractivity contribution in [2.75, 3.05) is 5.32 Å². The lowest BCUT2D eigenvalue weighted by Gasteiger charge is -2.12. The van der Waals surface area contributed by atoms with E-state index < -0.39 is 33.5 Å². The van der Waals surface area contributed by atoms with Gasteiger partial charge in [0, 0.05) is 17.3 Å². The van der Waals surface area contributed by atoms with Crippen LogP contribution in [0.2, 0.25) is 0 Å². The lowest BCUT2D eigenvalue weighted by atomic mass is 10.1. The van der Waals surface area contributed by atoms with E-state index in [1.807, 2.05) is 0 Å². The van der Waals surface area contributed by atoms with Crippen LogP contribution >= 0.6 is 0 Å². The van der Waals surface area contributed by atoms with Crippen LogP contribution in [0.4, 0.5) is 23.2 Å². The number of hydrogen-bond acceptors (Lipinski definition) is 3. The van der Waals surface area contributed by atoms with Gasteiger partial charge >= 0.3 is 6.18 Å². The van der Waals surface area contributed by atoms with Gasteiger partial charge in [0.15, 0.2) is 0 Å². The molecule has 0 atom stereocenters. The van der Waals surface area contributed by atoms with Crippen molar-refractivity contribution in [3.63, 3.8) is 0 Å². The Morgan fingerprint density at radius 2 is 1.74 bits per heavy atom. The van der Waals surface area contributed by atoms with Crippen LogP contribution in [-0.2, 0) is 16.2 Å². The summed E-state index contributed by atoms with van der Waals surface area (Å²) < 4.78 is 78.2. The fourth-order valence-corrected chi connectivity index (χ4v) is 3.50. The number of rotatable bonds is 5. The van der Waals surface area contributed by atoms with Gasteiger partial charge < -0.3 is 5.32 Å². The monoisotopic (exact) mass is 404 g/mol. The fraction of sp³-hybridized carbons (Fsp3) is 0.235. The van der Waals surface area contributed by atoms with Crippen molar-refractivity contribution in [1.82, 2.24) is 4.72 Å². The molecule has 2 rings (SSSR count). The van der Waals surface area contributed by atoms with Gasteiger partial charge in [-0.15, -0.1) is 0 Å². The molecule has 27 heavy (non-hydrogen) atoms. The highest BCUT2D eigenvalue weighted by atomic mass is 32.2. The zero-order valence-corrected chi connectivity index (χ0v) is 15.1. The second-order valence-corrected chi connectivity index (χ2v) is 7.66. The molecule has 0 saturated heterocycles. The summed E-state index contributed by atoms with van der Waals surface area (Å²) >= 11 is 0. The Morgan fingerprint density at radius 3 is 2.33 bits per heavy atom. The minimum atomic E-state index is -4.92. The summed E-state index contributed by atoms with van der Waals surface area (Å²) in [5.41, 5.74) is -1.88. The molecule has 0 aliphatic heterocycles. The van der Waals surface area contributed by atoms with Crippen molar-refractivity contribution in [2.24, 2.45) is 0 Å². The van der Waals surface area contributed by atoms with E-state index in [-0.39, 0.29) is 22.2 Å². The topological polar surface area (TPSA) is 75.3 Å². The molecule has 0 saturated carbocycles. The van der Waals surface area contributed by atoms with E-state index >= 15 is 0 Å². The van der Waals surface area contributed by atoms with Crippen LogP contribution in [-0.4, -0.2) is 20.4 Å². The third kappa shape index (κ3) is 5.27. The van der Waals surface area contributed by atoms with Crippen molar-refractivity contribution in [3.05, 3.63) is 59.4 Å². The summed E-state index contributed by atoms with van der Waals surface area (Å²) in [5.74, 6) is -2.30. The SMILES string of the molecule is CC(C)NS(=O)(=O)c1cccc(C(=O)Nc2ccc(F)c(C(F)(F)F)c2)c1. The minimum Gasteiger partial charge on any atom is -0.322 e. The first kappa shape index (κ1) is 20.8. The lowest BCUT2D eigenvalue weighted by Crippen LogP contribution is -2.30. The van der Waals surface area contributed by atoms with Crippen LogP contribution in [0.15, 0.2) is 47.4 Å². The Morgan fingerprint density at radius 1 is 1.07 bits per heavy atom. The van der Waals surface area contributed by atoms with Gasteiger partial charge in [0.25, 0.3) is 5.91 Å². The minimum absolute atomic E-state index is 0.0838. The molecule has 5 nitrogen and oxygen atoms in total. The second kappa shape index (κ2) is 7.65. The summed E-state index contributed by atoms with van der Waals surface area (Å²) in [7, 11) is -3.85. The molecule has 10 heteroatoms. The largest absolute Gasteiger partial charge is 0.419 e. The molecule has 2 N–H and O–H groups in total. The van der Waals surface area contributed by atoms with Crippen molar-refractivity contribution in [2.45, 2.75) is 31.0 Å². The number of sulfonamides is 1. The molecular formula is C17H16F4N2O3S. The van der Waals surface area contributed by atoms with Gasteiger partial charge in [0.1, 0.15) is 5.82 Å². The molecule has 146 valence electrons. The Balaban J connectivity index is 2.29. The predicted octanol–water partition coefficient (Wildman–Crippen LogP) is 3.78. The van der Waals surface area contributed by atoms with Crippen LogP contribution in [0.25, 0.3) is 0 Å². The second-order valence-electron chi connectivity index (χ2n) is 5.95. The molecule has 0 bridgehead atoms. The van der Waals surface area contributed by atoms with E-state index in [4.69, 9.17) is 0 Å². The van der Waals surface area contributed by atoms with E-state index in [1.165, 1.54) is 18.2 Å². The van der Waals surface area contributed by atoms with E-state index in [0.717, 1.165) is 12.1 Å². The van der Waals surface area contributed by atoms with Crippen LogP contribution in [0.3, 0.4) is 0 Å². The molecule has 0 radical (unpaired) electrons. The molecule has 0 spiro atoms. The van der Waals surface area contributed by atoms with E-state index in [0.29, 0.717) is 12.1 Å². The number of alkyl halides is 3. The molecule has 0 aromatic heterocycles. The number of carbonyl (C=O) groups is 1. The molecule has 0 fully saturated rings. The maximum atomic E-state index is 13.3. The molecule has 0 aliphatic carbocycles. The van der Waals surface area contributed by atoms with E-state index in [9.17, 15) is 30.8 Å². The molecular weight excluding hydrogens is 388 g/mol. The van der Waals surface area contributed by atoms with Crippen molar-refractivity contribution in [3.8, 4) is 0 Å². The normalized spacial score (nSPS) is 12.3. The maximum absolute atomic E-state index is 13.3. The van der Waals surface area contributed by atoms with Crippen molar-refractivity contribution >= 4 is 21.6 Å². The average molecular weight is 404 g/mol. The average Bonchev–Trinajstić information content (AvgIpc) is 2.54. The highest BCUT2D eigenvalue weighted by molar-refractivity contribution is 7.89. The maximum Gasteiger partial charge on any atom is 0.419 e. The predicted molar refractivity (Wildman–Crippen MR) is 91.3 cm³/mol. The smallest absolute Gasteiger partial charge is 0.322 e. The Labute approximate surface area is 153 Å². The van der Waals surface area contributed by atoms with Crippen molar-refractivity contribution in [1.29, 1.82) is 0 Å². The van der Waals surface area contributed by atoms with Gasteiger partial charge in [-0.1, -0.05) is 6.07 Å². The lowest BCUT2D eigenvalue weighted by molar-refractivity contribution is -0.139.